The third kappa shape index (κ3) is 19.4. The lowest BCUT2D eigenvalue weighted by Crippen LogP contribution is -2.42. The number of carboxylic acids is 1. The second-order valence-corrected chi connectivity index (χ2v) is 7.05. The summed E-state index contributed by atoms with van der Waals surface area (Å²) < 4.78 is 0. The molecule has 0 spiro atoms. The van der Waals surface area contributed by atoms with Gasteiger partial charge in [-0.25, -0.2) is 0 Å². The molecule has 0 aliphatic rings. The van der Waals surface area contributed by atoms with Gasteiger partial charge in [0.15, 0.2) is 0 Å². The van der Waals surface area contributed by atoms with Crippen molar-refractivity contribution in [2.75, 3.05) is 13.1 Å². The Kier molecular flexibility index (Phi) is 18.2. The summed E-state index contributed by atoms with van der Waals surface area (Å²) in [5.74, 6) is -0.805. The molecule has 0 aromatic heterocycles. The van der Waals surface area contributed by atoms with Crippen LogP contribution >= 0.6 is 0 Å². The molecule has 24 heavy (non-hydrogen) atoms. The van der Waals surface area contributed by atoms with Crippen molar-refractivity contribution >= 4 is 5.97 Å². The lowest BCUT2D eigenvalue weighted by atomic mass is 10.0. The Labute approximate surface area is 150 Å². The van der Waals surface area contributed by atoms with E-state index < -0.39 is 5.97 Å². The Morgan fingerprint density at radius 2 is 1.17 bits per heavy atom. The van der Waals surface area contributed by atoms with E-state index >= 15 is 0 Å². The number of hydrogen-bond donors (Lipinski definition) is 3. The average molecular weight is 343 g/mol. The van der Waals surface area contributed by atoms with Crippen LogP contribution in [0.3, 0.4) is 0 Å². The first-order chi connectivity index (χ1) is 11.7. The Morgan fingerprint density at radius 3 is 1.58 bits per heavy atom. The van der Waals surface area contributed by atoms with Crippen LogP contribution in [0.15, 0.2) is 0 Å². The van der Waals surface area contributed by atoms with Crippen molar-refractivity contribution in [1.29, 1.82) is 0 Å². The highest BCUT2D eigenvalue weighted by molar-refractivity contribution is 5.69. The number of nitrogens with one attached hydrogen (secondary N) is 2. The molecule has 0 aromatic carbocycles. The predicted octanol–water partition coefficient (Wildman–Crippen LogP) is 5.08. The molecule has 4 heteroatoms. The topological polar surface area (TPSA) is 61.4 Å². The highest BCUT2D eigenvalue weighted by Crippen LogP contribution is 2.12. The molecule has 0 aliphatic carbocycles. The molecule has 144 valence electrons. The molecule has 1 unspecified atom stereocenters. The minimum absolute atomic E-state index is 0.0207. The van der Waals surface area contributed by atoms with Crippen LogP contribution in [0.2, 0.25) is 0 Å². The van der Waals surface area contributed by atoms with Crippen molar-refractivity contribution in [1.82, 2.24) is 10.6 Å². The maximum absolute atomic E-state index is 10.4. The van der Waals surface area contributed by atoms with Crippen LogP contribution in [-0.4, -0.2) is 30.3 Å². The largest absolute Gasteiger partial charge is 0.480 e. The highest BCUT2D eigenvalue weighted by atomic mass is 16.4. The van der Waals surface area contributed by atoms with Crippen molar-refractivity contribution in [3.8, 4) is 0 Å². The van der Waals surface area contributed by atoms with Gasteiger partial charge in [-0.1, -0.05) is 90.4 Å². The molecule has 0 radical (unpaired) electrons. The first-order valence-corrected chi connectivity index (χ1v) is 10.4. The number of carbonyl (C=O) groups is 1. The summed E-state index contributed by atoms with van der Waals surface area (Å²) in [5, 5.41) is 14.8. The average Bonchev–Trinajstić information content (AvgIpc) is 2.56. The van der Waals surface area contributed by atoms with E-state index in [0.29, 0.717) is 0 Å². The van der Waals surface area contributed by atoms with Gasteiger partial charge in [-0.2, -0.15) is 0 Å². The fourth-order valence-electron chi connectivity index (χ4n) is 2.95. The van der Waals surface area contributed by atoms with Gasteiger partial charge >= 0.3 is 5.97 Å². The molecule has 0 rings (SSSR count). The zero-order chi connectivity index (χ0) is 17.9. The van der Waals surface area contributed by atoms with Gasteiger partial charge in [0.05, 0.1) is 12.7 Å². The Balaban J connectivity index is 3.08. The second-order valence-electron chi connectivity index (χ2n) is 7.05. The molecule has 0 bridgehead atoms. The van der Waals surface area contributed by atoms with E-state index in [-0.39, 0.29) is 12.7 Å². The summed E-state index contributed by atoms with van der Waals surface area (Å²) in [7, 11) is 0. The zero-order valence-electron chi connectivity index (χ0n) is 16.2. The van der Waals surface area contributed by atoms with Crippen LogP contribution in [0, 0.1) is 0 Å². The van der Waals surface area contributed by atoms with Crippen molar-refractivity contribution in [3.05, 3.63) is 0 Å². The maximum atomic E-state index is 10.4. The molecule has 1 atom stereocenters. The molecular weight excluding hydrogens is 300 g/mol. The van der Waals surface area contributed by atoms with Gasteiger partial charge < -0.3 is 10.4 Å². The van der Waals surface area contributed by atoms with Gasteiger partial charge in [0, 0.05) is 0 Å². The molecule has 4 nitrogen and oxygen atoms in total. The highest BCUT2D eigenvalue weighted by Gasteiger charge is 2.02. The lowest BCUT2D eigenvalue weighted by molar-refractivity contribution is -0.136. The van der Waals surface area contributed by atoms with Crippen LogP contribution in [0.5, 0.6) is 0 Å². The van der Waals surface area contributed by atoms with Gasteiger partial charge in [-0.3, -0.25) is 10.1 Å². The molecule has 0 saturated carbocycles. The first kappa shape index (κ1) is 23.4. The van der Waals surface area contributed by atoms with Crippen LogP contribution in [0.25, 0.3) is 0 Å². The van der Waals surface area contributed by atoms with Crippen LogP contribution < -0.4 is 10.6 Å². The maximum Gasteiger partial charge on any atom is 0.317 e. The molecule has 0 aliphatic heterocycles. The smallest absolute Gasteiger partial charge is 0.317 e. The van der Waals surface area contributed by atoms with E-state index in [9.17, 15) is 4.79 Å². The number of rotatable bonds is 19. The van der Waals surface area contributed by atoms with Gasteiger partial charge in [0.25, 0.3) is 0 Å². The number of hydrogen-bond acceptors (Lipinski definition) is 3. The SMILES string of the molecule is CCCCCCCCCCCCCCCCNC(C)NCC(=O)O. The minimum Gasteiger partial charge on any atom is -0.480 e. The van der Waals surface area contributed by atoms with Crippen LogP contribution in [-0.2, 0) is 4.79 Å². The monoisotopic (exact) mass is 342 g/mol. The molecule has 0 heterocycles. The Morgan fingerprint density at radius 1 is 0.750 bits per heavy atom. The normalized spacial score (nSPS) is 12.4. The van der Waals surface area contributed by atoms with Crippen molar-refractivity contribution < 1.29 is 9.90 Å². The molecular formula is C20H42N2O2. The molecule has 0 saturated heterocycles. The van der Waals surface area contributed by atoms with Crippen LogP contribution in [0.4, 0.5) is 0 Å². The lowest BCUT2D eigenvalue weighted by Gasteiger charge is -2.14. The molecule has 0 fully saturated rings. The summed E-state index contributed by atoms with van der Waals surface area (Å²) in [6.07, 6.45) is 19.4. The minimum atomic E-state index is -0.805. The summed E-state index contributed by atoms with van der Waals surface area (Å²) in [4.78, 5) is 10.4. The molecule has 0 aromatic rings. The summed E-state index contributed by atoms with van der Waals surface area (Å²) in [6.45, 7) is 5.22. The van der Waals surface area contributed by atoms with E-state index in [0.717, 1.165) is 6.54 Å². The van der Waals surface area contributed by atoms with Gasteiger partial charge in [0.2, 0.25) is 0 Å². The van der Waals surface area contributed by atoms with Gasteiger partial charge in [-0.05, 0) is 19.9 Å². The van der Waals surface area contributed by atoms with E-state index in [1.807, 2.05) is 6.92 Å². The number of carboxylic acid groups (broad SMARTS) is 1. The van der Waals surface area contributed by atoms with Crippen molar-refractivity contribution in [2.24, 2.45) is 0 Å². The predicted molar refractivity (Wildman–Crippen MR) is 103 cm³/mol. The van der Waals surface area contributed by atoms with Crippen LogP contribution in [0.1, 0.15) is 104 Å². The summed E-state index contributed by atoms with van der Waals surface area (Å²) >= 11 is 0. The molecule has 0 amide bonds. The fourth-order valence-corrected chi connectivity index (χ4v) is 2.95. The van der Waals surface area contributed by atoms with E-state index in [2.05, 4.69) is 17.6 Å². The van der Waals surface area contributed by atoms with Gasteiger partial charge in [0.1, 0.15) is 0 Å². The van der Waals surface area contributed by atoms with E-state index in [1.54, 1.807) is 0 Å². The summed E-state index contributed by atoms with van der Waals surface area (Å²) in [5.41, 5.74) is 0. The third-order valence-corrected chi connectivity index (χ3v) is 4.54. The Bertz CT molecular complexity index is 272. The zero-order valence-corrected chi connectivity index (χ0v) is 16.2. The Hall–Kier alpha value is -0.610. The van der Waals surface area contributed by atoms with Crippen molar-refractivity contribution in [3.63, 3.8) is 0 Å². The number of aliphatic carboxylic acids is 1. The van der Waals surface area contributed by atoms with Crippen molar-refractivity contribution in [2.45, 2.75) is 110 Å². The van der Waals surface area contributed by atoms with E-state index in [1.165, 1.54) is 89.9 Å². The third-order valence-electron chi connectivity index (χ3n) is 4.54. The second kappa shape index (κ2) is 18.7. The molecule has 3 N–H and O–H groups in total. The fraction of sp³-hybridized carbons (Fsp3) is 0.950. The standard InChI is InChI=1S/C20H42N2O2/c1-3-4-5-6-7-8-9-10-11-12-13-14-15-16-17-21-19(2)22-18-20(23)24/h19,21-22H,3-18H2,1-2H3,(H,23,24). The van der Waals surface area contributed by atoms with E-state index in [4.69, 9.17) is 5.11 Å². The first-order valence-electron chi connectivity index (χ1n) is 10.4. The number of unbranched alkanes of at least 4 members (excludes halogenated alkanes) is 13. The van der Waals surface area contributed by atoms with Gasteiger partial charge in [-0.15, -0.1) is 0 Å². The summed E-state index contributed by atoms with van der Waals surface area (Å²) in [6, 6.07) is 0. The quantitative estimate of drug-likeness (QED) is 0.226.